The largest absolute Gasteiger partial charge is 0.493 e. The van der Waals surface area contributed by atoms with Crippen LogP contribution in [0, 0.1) is 0 Å². The summed E-state index contributed by atoms with van der Waals surface area (Å²) in [6.07, 6.45) is 1.97. The predicted molar refractivity (Wildman–Crippen MR) is 121 cm³/mol. The van der Waals surface area contributed by atoms with Crippen LogP contribution in [0.2, 0.25) is 0 Å². The first-order valence-electron chi connectivity index (χ1n) is 10.2. The lowest BCUT2D eigenvalue weighted by molar-refractivity contribution is 0.288. The highest BCUT2D eigenvalue weighted by Crippen LogP contribution is 2.50. The van der Waals surface area contributed by atoms with Crippen molar-refractivity contribution >= 4 is 11.0 Å². The summed E-state index contributed by atoms with van der Waals surface area (Å²) < 4.78 is 39.3. The first kappa shape index (κ1) is 23.1. The van der Waals surface area contributed by atoms with E-state index >= 15 is 0 Å². The van der Waals surface area contributed by atoms with E-state index in [1.54, 1.807) is 25.3 Å². The van der Waals surface area contributed by atoms with Gasteiger partial charge in [-0.25, -0.2) is 0 Å². The van der Waals surface area contributed by atoms with Crippen LogP contribution in [0.4, 0.5) is 0 Å². The average molecular weight is 444 g/mol. The smallest absolute Gasteiger partial charge is 0.211 e. The van der Waals surface area contributed by atoms with Crippen LogP contribution < -0.4 is 33.8 Å². The van der Waals surface area contributed by atoms with Gasteiger partial charge < -0.3 is 32.8 Å². The van der Waals surface area contributed by atoms with Crippen molar-refractivity contribution in [2.24, 2.45) is 0 Å². The number of methoxy groups -OCH3 is 5. The van der Waals surface area contributed by atoms with Gasteiger partial charge in [-0.1, -0.05) is 13.3 Å². The molecule has 0 bridgehead atoms. The van der Waals surface area contributed by atoms with Crippen molar-refractivity contribution in [3.63, 3.8) is 0 Å². The third kappa shape index (κ3) is 4.12. The highest BCUT2D eigenvalue weighted by molar-refractivity contribution is 5.95. The number of rotatable bonds is 10. The molecule has 3 aromatic rings. The molecule has 0 aliphatic carbocycles. The van der Waals surface area contributed by atoms with Crippen LogP contribution in [-0.2, 0) is 0 Å². The van der Waals surface area contributed by atoms with Crippen molar-refractivity contribution in [3.05, 3.63) is 34.5 Å². The maximum atomic E-state index is 13.1. The van der Waals surface area contributed by atoms with Gasteiger partial charge in [0.1, 0.15) is 11.1 Å². The molecule has 1 aromatic heterocycles. The lowest BCUT2D eigenvalue weighted by Gasteiger charge is -2.18. The summed E-state index contributed by atoms with van der Waals surface area (Å²) in [5.74, 6) is 2.43. The van der Waals surface area contributed by atoms with Crippen molar-refractivity contribution in [1.82, 2.24) is 0 Å². The molecule has 0 saturated carbocycles. The molecule has 0 atom stereocenters. The Labute approximate surface area is 186 Å². The van der Waals surface area contributed by atoms with Crippen molar-refractivity contribution < 1.29 is 32.8 Å². The fourth-order valence-corrected chi connectivity index (χ4v) is 3.45. The number of hydrogen-bond donors (Lipinski definition) is 0. The van der Waals surface area contributed by atoms with Crippen LogP contribution in [0.25, 0.3) is 22.3 Å². The van der Waals surface area contributed by atoms with Gasteiger partial charge in [0.2, 0.25) is 17.2 Å². The molecule has 0 unspecified atom stereocenters. The Morgan fingerprint density at radius 1 is 0.781 bits per heavy atom. The first-order chi connectivity index (χ1) is 15.5. The number of hydrogen-bond acceptors (Lipinski definition) is 8. The van der Waals surface area contributed by atoms with Crippen molar-refractivity contribution in [1.29, 1.82) is 0 Å². The predicted octanol–water partition coefficient (Wildman–Crippen LogP) is 4.68. The zero-order valence-electron chi connectivity index (χ0n) is 19.2. The van der Waals surface area contributed by atoms with E-state index in [1.165, 1.54) is 34.5 Å². The molecule has 0 saturated heterocycles. The number of ether oxygens (including phenoxy) is 6. The van der Waals surface area contributed by atoms with Gasteiger partial charge in [-0.05, 0) is 24.6 Å². The lowest BCUT2D eigenvalue weighted by Crippen LogP contribution is -2.07. The Hall–Kier alpha value is -3.55. The highest BCUT2D eigenvalue weighted by atomic mass is 16.5. The Balaban J connectivity index is 2.22. The topological polar surface area (TPSA) is 85.6 Å². The minimum absolute atomic E-state index is 0.187. The van der Waals surface area contributed by atoms with Crippen LogP contribution in [-0.4, -0.2) is 42.2 Å². The van der Waals surface area contributed by atoms with E-state index in [0.717, 1.165) is 12.8 Å². The average Bonchev–Trinajstić information content (AvgIpc) is 2.82. The molecule has 172 valence electrons. The van der Waals surface area contributed by atoms with Crippen molar-refractivity contribution in [2.75, 3.05) is 42.2 Å². The van der Waals surface area contributed by atoms with Crippen LogP contribution >= 0.6 is 0 Å². The Morgan fingerprint density at radius 3 is 2.03 bits per heavy atom. The molecule has 3 rings (SSSR count). The standard InChI is InChI=1S/C24H28O8/c1-7-8-11-31-16-10-9-14(12-18(16)26-2)17-13-15(25)19-20(27-3)22(28-4)24(30-6)23(29-5)21(19)32-17/h9-10,12-13H,7-8,11H2,1-6H3. The normalized spacial score (nSPS) is 10.7. The van der Waals surface area contributed by atoms with Crippen LogP contribution in [0.15, 0.2) is 33.5 Å². The van der Waals surface area contributed by atoms with E-state index in [1.807, 2.05) is 0 Å². The number of benzene rings is 2. The summed E-state index contributed by atoms with van der Waals surface area (Å²) >= 11 is 0. The summed E-state index contributed by atoms with van der Waals surface area (Å²) in [4.78, 5) is 13.1. The molecular formula is C24H28O8. The molecular weight excluding hydrogens is 416 g/mol. The maximum absolute atomic E-state index is 13.1. The van der Waals surface area contributed by atoms with E-state index < -0.39 is 0 Å². The van der Waals surface area contributed by atoms with Gasteiger partial charge in [-0.15, -0.1) is 0 Å². The van der Waals surface area contributed by atoms with Gasteiger partial charge in [0.15, 0.2) is 28.3 Å². The Kier molecular flexibility index (Phi) is 7.35. The number of unbranched alkanes of at least 4 members (excludes halogenated alkanes) is 1. The van der Waals surface area contributed by atoms with Gasteiger partial charge >= 0.3 is 0 Å². The van der Waals surface area contributed by atoms with Crippen LogP contribution in [0.3, 0.4) is 0 Å². The second-order valence-electron chi connectivity index (χ2n) is 6.88. The van der Waals surface area contributed by atoms with E-state index in [-0.39, 0.29) is 39.4 Å². The lowest BCUT2D eigenvalue weighted by atomic mass is 10.1. The Bertz CT molecular complexity index is 1150. The van der Waals surface area contributed by atoms with E-state index in [9.17, 15) is 4.79 Å². The van der Waals surface area contributed by atoms with Gasteiger partial charge in [0, 0.05) is 11.6 Å². The third-order valence-electron chi connectivity index (χ3n) is 5.02. The second kappa shape index (κ2) is 10.2. The van der Waals surface area contributed by atoms with Gasteiger partial charge in [-0.3, -0.25) is 4.79 Å². The summed E-state index contributed by atoms with van der Waals surface area (Å²) in [7, 11) is 7.39. The molecule has 0 fully saturated rings. The maximum Gasteiger partial charge on any atom is 0.211 e. The van der Waals surface area contributed by atoms with E-state index in [0.29, 0.717) is 29.4 Å². The summed E-state index contributed by atoms with van der Waals surface area (Å²) in [5, 5.41) is 0.192. The quantitative estimate of drug-likeness (QED) is 0.417. The summed E-state index contributed by atoms with van der Waals surface area (Å²) in [6, 6.07) is 6.75. The van der Waals surface area contributed by atoms with Gasteiger partial charge in [0.05, 0.1) is 42.2 Å². The molecule has 0 amide bonds. The summed E-state index contributed by atoms with van der Waals surface area (Å²) in [6.45, 7) is 2.69. The highest BCUT2D eigenvalue weighted by Gasteiger charge is 2.27. The molecule has 0 spiro atoms. The molecule has 8 heteroatoms. The molecule has 1 heterocycles. The van der Waals surface area contributed by atoms with E-state index in [2.05, 4.69) is 6.92 Å². The molecule has 8 nitrogen and oxygen atoms in total. The van der Waals surface area contributed by atoms with Crippen LogP contribution in [0.1, 0.15) is 19.8 Å². The van der Waals surface area contributed by atoms with Gasteiger partial charge in [-0.2, -0.15) is 0 Å². The molecule has 2 aromatic carbocycles. The summed E-state index contributed by atoms with van der Waals surface area (Å²) in [5.41, 5.74) is 0.505. The fraction of sp³-hybridized carbons (Fsp3) is 0.375. The Morgan fingerprint density at radius 2 is 1.44 bits per heavy atom. The minimum atomic E-state index is -0.320. The zero-order valence-corrected chi connectivity index (χ0v) is 19.2. The van der Waals surface area contributed by atoms with Crippen molar-refractivity contribution in [2.45, 2.75) is 19.8 Å². The van der Waals surface area contributed by atoms with Crippen LogP contribution in [0.5, 0.6) is 34.5 Å². The SMILES string of the molecule is CCCCOc1ccc(-c2cc(=O)c3c(OC)c(OC)c(OC)c(OC)c3o2)cc1OC. The monoisotopic (exact) mass is 444 g/mol. The fourth-order valence-electron chi connectivity index (χ4n) is 3.45. The third-order valence-corrected chi connectivity index (χ3v) is 5.02. The molecule has 0 aliphatic rings. The van der Waals surface area contributed by atoms with Gasteiger partial charge in [0.25, 0.3) is 0 Å². The molecule has 32 heavy (non-hydrogen) atoms. The molecule has 0 radical (unpaired) electrons. The first-order valence-corrected chi connectivity index (χ1v) is 10.2. The number of fused-ring (bicyclic) bond motifs is 1. The molecule has 0 N–H and O–H groups in total. The van der Waals surface area contributed by atoms with E-state index in [4.69, 9.17) is 32.8 Å². The molecule has 0 aliphatic heterocycles. The van der Waals surface area contributed by atoms with Crippen molar-refractivity contribution in [3.8, 4) is 45.8 Å². The minimum Gasteiger partial charge on any atom is -0.493 e. The second-order valence-corrected chi connectivity index (χ2v) is 6.88. The zero-order chi connectivity index (χ0) is 23.3.